The number of nitrogens with one attached hydrogen (secondary N) is 5. The molecule has 10 rings (SSSR count). The second-order valence-corrected chi connectivity index (χ2v) is 19.6. The zero-order valence-corrected chi connectivity index (χ0v) is 41.3. The molecule has 0 fully saturated rings. The maximum atomic E-state index is 13.7. The summed E-state index contributed by atoms with van der Waals surface area (Å²) in [5.74, 6) is 0.485. The van der Waals surface area contributed by atoms with Crippen molar-refractivity contribution in [3.8, 4) is 28.5 Å². The van der Waals surface area contributed by atoms with E-state index in [1.807, 2.05) is 98.3 Å². The summed E-state index contributed by atoms with van der Waals surface area (Å²) in [6, 6.07) is 28.2. The Morgan fingerprint density at radius 3 is 2.48 bits per heavy atom. The number of aliphatic imine (C=N–C) groups is 1. The largest absolute Gasteiger partial charge is 0.356 e. The number of benzene rings is 4. The summed E-state index contributed by atoms with van der Waals surface area (Å²) in [5.41, 5.74) is 11.3. The SMILES string of the molecule is CC(=N)N1C(=N)[C@H](CC(=O)NCCCCCNC(=O)c2ccc3c(c2)nc(-c2cc(-c4cncn4C)nc4ccccc24)n3-c2ccc3c(c2)CCC(=O)N3)N=C(c2ccc(Cl)cc2)c2c1sc(C)c2C. The number of amides is 3. The molecule has 0 bridgehead atoms. The van der Waals surface area contributed by atoms with Crippen LogP contribution >= 0.6 is 22.9 Å². The Morgan fingerprint density at radius 1 is 0.915 bits per heavy atom. The van der Waals surface area contributed by atoms with Gasteiger partial charge in [-0.2, -0.15) is 0 Å². The van der Waals surface area contributed by atoms with Crippen LogP contribution in [0, 0.1) is 24.7 Å². The number of hydrogen-bond donors (Lipinski definition) is 5. The van der Waals surface area contributed by atoms with Gasteiger partial charge in [-0.25, -0.2) is 15.0 Å². The second kappa shape index (κ2) is 19.5. The van der Waals surface area contributed by atoms with Gasteiger partial charge in [0.25, 0.3) is 5.91 Å². The molecule has 4 aromatic carbocycles. The van der Waals surface area contributed by atoms with Crippen molar-refractivity contribution in [3.63, 3.8) is 0 Å². The van der Waals surface area contributed by atoms with Crippen molar-refractivity contribution in [2.75, 3.05) is 23.3 Å². The number of hydrogen-bond acceptors (Lipinski definition) is 10. The minimum Gasteiger partial charge on any atom is -0.356 e. The van der Waals surface area contributed by atoms with Crippen LogP contribution in [0.2, 0.25) is 5.02 Å². The zero-order chi connectivity index (χ0) is 49.5. The summed E-state index contributed by atoms with van der Waals surface area (Å²) < 4.78 is 4.04. The minimum atomic E-state index is -0.815. The molecule has 6 heterocycles. The van der Waals surface area contributed by atoms with E-state index in [2.05, 4.69) is 31.6 Å². The number of aromatic nitrogens is 5. The monoisotopic (exact) mass is 982 g/mol. The predicted octanol–water partition coefficient (Wildman–Crippen LogP) is 9.96. The number of aryl methyl sites for hydroxylation is 3. The molecule has 3 amide bonds. The van der Waals surface area contributed by atoms with Crippen LogP contribution in [0.4, 0.5) is 10.7 Å². The van der Waals surface area contributed by atoms with Gasteiger partial charge >= 0.3 is 0 Å². The lowest BCUT2D eigenvalue weighted by atomic mass is 9.99. The van der Waals surface area contributed by atoms with E-state index in [4.69, 9.17) is 32.0 Å². The predicted molar refractivity (Wildman–Crippen MR) is 283 cm³/mol. The number of nitrogens with zero attached hydrogens (tertiary/aromatic N) is 7. The normalized spacial score (nSPS) is 14.5. The Labute approximate surface area is 419 Å². The smallest absolute Gasteiger partial charge is 0.251 e. The second-order valence-electron chi connectivity index (χ2n) is 18.0. The van der Waals surface area contributed by atoms with Crippen LogP contribution in [0.15, 0.2) is 109 Å². The van der Waals surface area contributed by atoms with Crippen LogP contribution in [0.25, 0.3) is 50.4 Å². The van der Waals surface area contributed by atoms with Crippen molar-refractivity contribution in [2.45, 2.75) is 65.3 Å². The van der Waals surface area contributed by atoms with E-state index < -0.39 is 6.04 Å². The van der Waals surface area contributed by atoms with Crippen LogP contribution in [0.5, 0.6) is 0 Å². The number of amidine groups is 2. The molecule has 358 valence electrons. The molecule has 2 aliphatic heterocycles. The van der Waals surface area contributed by atoms with Crippen molar-refractivity contribution < 1.29 is 14.4 Å². The first-order valence-corrected chi connectivity index (χ1v) is 24.8. The molecule has 5 N–H and O–H groups in total. The molecule has 0 saturated heterocycles. The highest BCUT2D eigenvalue weighted by Crippen LogP contribution is 2.41. The van der Waals surface area contributed by atoms with Crippen LogP contribution in [-0.4, -0.2) is 78.3 Å². The summed E-state index contributed by atoms with van der Waals surface area (Å²) >= 11 is 7.76. The number of fused-ring (bicyclic) bond motifs is 4. The molecule has 0 unspecified atom stereocenters. The molecule has 2 aliphatic rings. The molecular formula is C54H51ClN12O3S. The summed E-state index contributed by atoms with van der Waals surface area (Å²) in [6.07, 6.45) is 6.68. The third-order valence-corrected chi connectivity index (χ3v) is 14.6. The highest BCUT2D eigenvalue weighted by atomic mass is 35.5. The Balaban J connectivity index is 0.819. The van der Waals surface area contributed by atoms with Gasteiger partial charge in [0.15, 0.2) is 0 Å². The van der Waals surface area contributed by atoms with Crippen molar-refractivity contribution in [1.29, 1.82) is 10.8 Å². The number of anilines is 2. The van der Waals surface area contributed by atoms with Crippen LogP contribution < -0.4 is 20.9 Å². The molecule has 0 spiro atoms. The average molecular weight is 984 g/mol. The lowest BCUT2D eigenvalue weighted by Crippen LogP contribution is -2.42. The first-order chi connectivity index (χ1) is 34.3. The number of halogens is 1. The molecule has 17 heteroatoms. The quantitative estimate of drug-likeness (QED) is 0.0430. The maximum Gasteiger partial charge on any atom is 0.251 e. The van der Waals surface area contributed by atoms with Gasteiger partial charge in [-0.15, -0.1) is 11.3 Å². The summed E-state index contributed by atoms with van der Waals surface area (Å²) in [7, 11) is 1.94. The fraction of sp³-hybridized carbons (Fsp3) is 0.241. The molecule has 71 heavy (non-hydrogen) atoms. The van der Waals surface area contributed by atoms with Gasteiger partial charge in [0.1, 0.15) is 28.5 Å². The summed E-state index contributed by atoms with van der Waals surface area (Å²) in [6.45, 7) is 6.56. The third kappa shape index (κ3) is 9.23. The first kappa shape index (κ1) is 46.9. The van der Waals surface area contributed by atoms with Gasteiger partial charge in [-0.05, 0) is 118 Å². The molecule has 1 atom stereocenters. The van der Waals surface area contributed by atoms with Crippen molar-refractivity contribution in [1.82, 2.24) is 34.7 Å². The van der Waals surface area contributed by atoms with Gasteiger partial charge < -0.3 is 20.5 Å². The minimum absolute atomic E-state index is 0.000803. The van der Waals surface area contributed by atoms with E-state index in [1.165, 1.54) is 11.3 Å². The molecule has 4 aromatic heterocycles. The van der Waals surface area contributed by atoms with Gasteiger partial charge in [0.05, 0.1) is 52.6 Å². The molecule has 15 nitrogen and oxygen atoms in total. The highest BCUT2D eigenvalue weighted by molar-refractivity contribution is 7.17. The molecule has 0 saturated carbocycles. The van der Waals surface area contributed by atoms with Crippen LogP contribution in [0.3, 0.4) is 0 Å². The lowest BCUT2D eigenvalue weighted by Gasteiger charge is -2.24. The van der Waals surface area contributed by atoms with Crippen molar-refractivity contribution in [3.05, 3.63) is 141 Å². The van der Waals surface area contributed by atoms with Gasteiger partial charge in [-0.3, -0.25) is 39.7 Å². The molecule has 8 aromatic rings. The number of rotatable bonds is 13. The third-order valence-electron chi connectivity index (χ3n) is 13.1. The number of carbonyl (C=O) groups is 3. The first-order valence-electron chi connectivity index (χ1n) is 23.6. The van der Waals surface area contributed by atoms with Crippen LogP contribution in [0.1, 0.15) is 76.5 Å². The van der Waals surface area contributed by atoms with Gasteiger partial charge in [0.2, 0.25) is 11.8 Å². The van der Waals surface area contributed by atoms with E-state index in [1.54, 1.807) is 36.5 Å². The number of para-hydroxylation sites is 1. The molecular weight excluding hydrogens is 932 g/mol. The number of unbranched alkanes of at least 4 members (excludes halogenated alkanes) is 2. The topological polar surface area (TPSA) is 199 Å². The zero-order valence-electron chi connectivity index (χ0n) is 39.7. The molecule has 0 aliphatic carbocycles. The standard InChI is InChI=1S/C54H51ClN12O3S/c1-30-31(2)71-54-49(30)50(33-12-16-36(55)17-13-33)63-44(51(57)66(54)32(3)56)27-48(69)59-22-8-5-9-23-60-53(70)35-14-20-45-42(25-35)64-52(67(45)37-18-19-40-34(24-37)15-21-47(68)62-40)39-26-43(46-28-58-29-65(46)4)61-41-11-7-6-10-38(39)41/h6-7,10-14,16-20,24-26,28-29,44,56-57H,5,8-9,15,21-23,27H2,1-4H3,(H,59,69)(H,60,70)(H,62,68)/t44-/m0/s1. The number of thiophene rings is 1. The van der Waals surface area contributed by atoms with E-state index in [0.717, 1.165) is 83.3 Å². The van der Waals surface area contributed by atoms with Crippen LogP contribution in [-0.2, 0) is 23.1 Å². The summed E-state index contributed by atoms with van der Waals surface area (Å²) in [4.78, 5) is 61.7. The summed E-state index contributed by atoms with van der Waals surface area (Å²) in [5, 5.41) is 29.2. The number of pyridine rings is 1. The Bertz CT molecular complexity index is 3500. The highest BCUT2D eigenvalue weighted by Gasteiger charge is 2.35. The van der Waals surface area contributed by atoms with Gasteiger partial charge in [-0.1, -0.05) is 41.9 Å². The average Bonchev–Trinajstić information content (AvgIpc) is 4.03. The lowest BCUT2D eigenvalue weighted by molar-refractivity contribution is -0.121. The van der Waals surface area contributed by atoms with E-state index in [9.17, 15) is 19.8 Å². The van der Waals surface area contributed by atoms with Crippen molar-refractivity contribution in [2.24, 2.45) is 12.0 Å². The van der Waals surface area contributed by atoms with E-state index in [-0.39, 0.29) is 35.8 Å². The maximum absolute atomic E-state index is 13.7. The Hall–Kier alpha value is -7.82. The Kier molecular flexibility index (Phi) is 12.9. The Morgan fingerprint density at radius 2 is 1.70 bits per heavy atom. The number of imidazole rings is 2. The fourth-order valence-corrected chi connectivity index (χ4v) is 10.7. The van der Waals surface area contributed by atoms with E-state index >= 15 is 0 Å². The van der Waals surface area contributed by atoms with Gasteiger partial charge in [0, 0.05) is 75.5 Å². The number of carbonyl (C=O) groups excluding carboxylic acids is 3. The van der Waals surface area contributed by atoms with Crippen molar-refractivity contribution >= 4 is 90.7 Å². The fourth-order valence-electron chi connectivity index (χ4n) is 9.36. The van der Waals surface area contributed by atoms with E-state index in [0.29, 0.717) is 66.4 Å². The molecule has 0 radical (unpaired) electrons.